The van der Waals surface area contributed by atoms with Gasteiger partial charge in [-0.1, -0.05) is 13.3 Å². The van der Waals surface area contributed by atoms with Crippen molar-refractivity contribution in [2.75, 3.05) is 6.54 Å². The van der Waals surface area contributed by atoms with Gasteiger partial charge in [0.2, 0.25) is 0 Å². The summed E-state index contributed by atoms with van der Waals surface area (Å²) in [4.78, 5) is 0. The van der Waals surface area contributed by atoms with Gasteiger partial charge in [0.15, 0.2) is 0 Å². The van der Waals surface area contributed by atoms with Gasteiger partial charge in [0.1, 0.15) is 5.67 Å². The van der Waals surface area contributed by atoms with Crippen LogP contribution in [-0.4, -0.2) is 28.0 Å². The minimum atomic E-state index is -1.20. The molecule has 0 spiro atoms. The number of rotatable bonds is 6. The number of aryl methyl sites for hydroxylation is 2. The van der Waals surface area contributed by atoms with Crippen LogP contribution >= 0.6 is 15.9 Å². The second-order valence-electron chi connectivity index (χ2n) is 6.32. The summed E-state index contributed by atoms with van der Waals surface area (Å²) in [5, 5.41) is 8.01. The van der Waals surface area contributed by atoms with Crippen molar-refractivity contribution in [1.29, 1.82) is 0 Å². The minimum Gasteiger partial charge on any atom is -0.314 e. The molecule has 0 radical (unpaired) electrons. The van der Waals surface area contributed by atoms with E-state index in [1.165, 1.54) is 12.8 Å². The van der Waals surface area contributed by atoms with Crippen LogP contribution in [0.2, 0.25) is 0 Å². The maximum absolute atomic E-state index is 15.1. The fourth-order valence-electron chi connectivity index (χ4n) is 3.22. The third-order valence-electron chi connectivity index (χ3n) is 4.31. The highest BCUT2D eigenvalue weighted by molar-refractivity contribution is 9.10. The van der Waals surface area contributed by atoms with Gasteiger partial charge in [-0.2, -0.15) is 5.10 Å². The fraction of sp³-hybridized carbons (Fsp3) is 0.812. The summed E-state index contributed by atoms with van der Waals surface area (Å²) in [6.45, 7) is 7.68. The van der Waals surface area contributed by atoms with Crippen LogP contribution in [0.1, 0.15) is 57.8 Å². The van der Waals surface area contributed by atoms with Crippen LogP contribution in [-0.2, 0) is 19.4 Å². The van der Waals surface area contributed by atoms with Gasteiger partial charge in [-0.15, -0.1) is 0 Å². The Balaban J connectivity index is 2.09. The predicted octanol–water partition coefficient (Wildman–Crippen LogP) is 4.03. The van der Waals surface area contributed by atoms with Crippen molar-refractivity contribution in [2.24, 2.45) is 0 Å². The number of nitrogens with zero attached hydrogens (tertiary/aromatic N) is 2. The lowest BCUT2D eigenvalue weighted by atomic mass is 9.89. The van der Waals surface area contributed by atoms with E-state index in [0.29, 0.717) is 18.9 Å². The Morgan fingerprint density at radius 2 is 2.19 bits per heavy atom. The monoisotopic (exact) mass is 359 g/mol. The molecule has 5 heteroatoms. The number of hydrogen-bond acceptors (Lipinski definition) is 2. The molecule has 2 rings (SSSR count). The molecule has 0 bridgehead atoms. The van der Waals surface area contributed by atoms with Gasteiger partial charge in [0.05, 0.1) is 15.9 Å². The zero-order valence-corrected chi connectivity index (χ0v) is 15.0. The van der Waals surface area contributed by atoms with Crippen LogP contribution in [0.5, 0.6) is 0 Å². The summed E-state index contributed by atoms with van der Waals surface area (Å²) in [5.74, 6) is 0. The predicted molar refractivity (Wildman–Crippen MR) is 88.5 cm³/mol. The molecule has 1 aromatic rings. The Morgan fingerprint density at radius 3 is 2.76 bits per heavy atom. The van der Waals surface area contributed by atoms with Crippen molar-refractivity contribution < 1.29 is 4.39 Å². The molecule has 1 aliphatic heterocycles. The molecule has 1 saturated heterocycles. The quantitative estimate of drug-likeness (QED) is 0.830. The second kappa shape index (κ2) is 7.23. The lowest BCUT2D eigenvalue weighted by Crippen LogP contribution is -2.40. The maximum atomic E-state index is 15.1. The van der Waals surface area contributed by atoms with Gasteiger partial charge in [-0.25, -0.2) is 4.39 Å². The highest BCUT2D eigenvalue weighted by Gasteiger charge is 2.31. The Bertz CT molecular complexity index is 464. The molecule has 0 aliphatic carbocycles. The first-order chi connectivity index (χ1) is 9.96. The molecule has 0 aromatic carbocycles. The molecule has 120 valence electrons. The molecular formula is C16H27BrFN3. The molecule has 2 heterocycles. The number of halogens is 2. The molecule has 1 N–H and O–H groups in total. The van der Waals surface area contributed by atoms with Gasteiger partial charge in [-0.05, 0) is 62.0 Å². The van der Waals surface area contributed by atoms with Crippen LogP contribution < -0.4 is 5.32 Å². The van der Waals surface area contributed by atoms with Crippen LogP contribution in [0, 0.1) is 0 Å². The summed E-state index contributed by atoms with van der Waals surface area (Å²) in [6.07, 6.45) is 5.39. The van der Waals surface area contributed by atoms with Gasteiger partial charge in [0, 0.05) is 19.0 Å². The lowest BCUT2D eigenvalue weighted by molar-refractivity contribution is 0.142. The van der Waals surface area contributed by atoms with E-state index in [9.17, 15) is 0 Å². The first-order valence-corrected chi connectivity index (χ1v) is 8.92. The van der Waals surface area contributed by atoms with E-state index in [-0.39, 0.29) is 0 Å². The van der Waals surface area contributed by atoms with Gasteiger partial charge in [0.25, 0.3) is 0 Å². The summed E-state index contributed by atoms with van der Waals surface area (Å²) >= 11 is 3.62. The first-order valence-electron chi connectivity index (χ1n) is 8.13. The number of nitrogens with one attached hydrogen (secondary N) is 1. The van der Waals surface area contributed by atoms with Crippen LogP contribution in [0.3, 0.4) is 0 Å². The molecule has 21 heavy (non-hydrogen) atoms. The second-order valence-corrected chi connectivity index (χ2v) is 7.11. The summed E-state index contributed by atoms with van der Waals surface area (Å²) in [7, 11) is 0. The van der Waals surface area contributed by atoms with Crippen LogP contribution in [0.4, 0.5) is 4.39 Å². The van der Waals surface area contributed by atoms with E-state index in [1.54, 1.807) is 6.92 Å². The van der Waals surface area contributed by atoms with Gasteiger partial charge < -0.3 is 5.32 Å². The van der Waals surface area contributed by atoms with E-state index in [4.69, 9.17) is 0 Å². The number of aromatic nitrogens is 2. The van der Waals surface area contributed by atoms with E-state index < -0.39 is 5.67 Å². The van der Waals surface area contributed by atoms with Crippen LogP contribution in [0.25, 0.3) is 0 Å². The normalized spacial score (nSPS) is 22.2. The Morgan fingerprint density at radius 1 is 1.43 bits per heavy atom. The van der Waals surface area contributed by atoms with Crippen molar-refractivity contribution in [3.05, 3.63) is 15.9 Å². The summed E-state index contributed by atoms with van der Waals surface area (Å²) in [5.41, 5.74) is 0.823. The smallest absolute Gasteiger partial charge is 0.115 e. The third-order valence-corrected chi connectivity index (χ3v) is 5.23. The van der Waals surface area contributed by atoms with Crippen molar-refractivity contribution in [3.63, 3.8) is 0 Å². The number of alkyl halides is 1. The SMILES string of the molecule is CCc1nn(CC)c(CC(C)(F)CC2CCCCN2)c1Br. The molecule has 3 nitrogen and oxygen atoms in total. The van der Waals surface area contributed by atoms with E-state index in [2.05, 4.69) is 40.2 Å². The van der Waals surface area contributed by atoms with Gasteiger partial charge >= 0.3 is 0 Å². The molecule has 1 aromatic heterocycles. The molecule has 0 amide bonds. The molecule has 1 fully saturated rings. The van der Waals surface area contributed by atoms with E-state index >= 15 is 4.39 Å². The van der Waals surface area contributed by atoms with E-state index in [1.807, 2.05) is 4.68 Å². The van der Waals surface area contributed by atoms with Crippen molar-refractivity contribution >= 4 is 15.9 Å². The Hall–Kier alpha value is -0.420. The highest BCUT2D eigenvalue weighted by Crippen LogP contribution is 2.31. The zero-order chi connectivity index (χ0) is 15.5. The molecular weight excluding hydrogens is 333 g/mol. The van der Waals surface area contributed by atoms with E-state index in [0.717, 1.165) is 41.8 Å². The summed E-state index contributed by atoms with van der Waals surface area (Å²) in [6, 6.07) is 0.316. The zero-order valence-electron chi connectivity index (χ0n) is 13.4. The third kappa shape index (κ3) is 4.28. The number of piperidine rings is 1. The average molecular weight is 360 g/mol. The van der Waals surface area contributed by atoms with Crippen molar-refractivity contribution in [2.45, 2.75) is 77.6 Å². The lowest BCUT2D eigenvalue weighted by Gasteiger charge is -2.30. The fourth-order valence-corrected chi connectivity index (χ4v) is 3.92. The summed E-state index contributed by atoms with van der Waals surface area (Å²) < 4.78 is 18.0. The molecule has 2 unspecified atom stereocenters. The minimum absolute atomic E-state index is 0.316. The number of hydrogen-bond donors (Lipinski definition) is 1. The molecule has 1 aliphatic rings. The largest absolute Gasteiger partial charge is 0.314 e. The van der Waals surface area contributed by atoms with Crippen molar-refractivity contribution in [3.8, 4) is 0 Å². The Labute approximate surface area is 135 Å². The Kier molecular flexibility index (Phi) is 5.83. The topological polar surface area (TPSA) is 29.9 Å². The maximum Gasteiger partial charge on any atom is 0.115 e. The molecule has 2 atom stereocenters. The standard InChI is InChI=1S/C16H27BrFN3/c1-4-13-15(17)14(21(5-2)20-13)11-16(3,18)10-12-8-6-7-9-19-12/h12,19H,4-11H2,1-3H3. The first kappa shape index (κ1) is 16.9. The molecule has 0 saturated carbocycles. The highest BCUT2D eigenvalue weighted by atomic mass is 79.9. The average Bonchev–Trinajstić information content (AvgIpc) is 2.75. The van der Waals surface area contributed by atoms with Crippen LogP contribution in [0.15, 0.2) is 4.47 Å². The van der Waals surface area contributed by atoms with Crippen molar-refractivity contribution in [1.82, 2.24) is 15.1 Å². The van der Waals surface area contributed by atoms with Gasteiger partial charge in [-0.3, -0.25) is 4.68 Å².